The molecule has 0 unspecified atom stereocenters. The average Bonchev–Trinajstić information content (AvgIpc) is 2.62. The fraction of sp³-hybridized carbons (Fsp3) is 0.389. The van der Waals surface area contributed by atoms with Crippen molar-refractivity contribution in [3.8, 4) is 23.1 Å². The Morgan fingerprint density at radius 1 is 1.20 bits per heavy atom. The van der Waals surface area contributed by atoms with Crippen LogP contribution in [0.3, 0.4) is 0 Å². The molecule has 130 valence electrons. The topological polar surface area (TPSA) is 114 Å². The van der Waals surface area contributed by atoms with E-state index in [0.29, 0.717) is 5.69 Å². The molecule has 1 aliphatic rings. The lowest BCUT2D eigenvalue weighted by Gasteiger charge is -2.27. The van der Waals surface area contributed by atoms with Crippen LogP contribution in [0.5, 0.6) is 5.75 Å². The third-order valence-electron chi connectivity index (χ3n) is 4.46. The van der Waals surface area contributed by atoms with Crippen LogP contribution < -0.4 is 16.2 Å². The van der Waals surface area contributed by atoms with Crippen molar-refractivity contribution in [1.82, 2.24) is 14.9 Å². The number of nitrogen functional groups attached to an aromatic ring is 2. The molecular weight excluding hydrogens is 316 g/mol. The number of hydrogen-bond acceptors (Lipinski definition) is 7. The number of ether oxygens (including phenoxy) is 1. The minimum absolute atomic E-state index is 0.0555. The second kappa shape index (κ2) is 7.36. The SMILES string of the molecule is COc1ccc(-c2nc(N)nc(N)c2C#N)cc1CN1CCCCC1. The summed E-state index contributed by atoms with van der Waals surface area (Å²) in [6.45, 7) is 2.98. The summed E-state index contributed by atoms with van der Waals surface area (Å²) in [6, 6.07) is 7.82. The molecule has 25 heavy (non-hydrogen) atoms. The summed E-state index contributed by atoms with van der Waals surface area (Å²) in [4.78, 5) is 10.5. The molecule has 1 aliphatic heterocycles. The number of anilines is 2. The van der Waals surface area contributed by atoms with Gasteiger partial charge < -0.3 is 16.2 Å². The average molecular weight is 338 g/mol. The molecule has 0 bridgehead atoms. The summed E-state index contributed by atoms with van der Waals surface area (Å²) < 4.78 is 5.51. The number of nitrogens with zero attached hydrogens (tertiary/aromatic N) is 4. The summed E-state index contributed by atoms with van der Waals surface area (Å²) in [5, 5.41) is 9.40. The maximum Gasteiger partial charge on any atom is 0.222 e. The molecule has 1 aromatic carbocycles. The van der Waals surface area contributed by atoms with Gasteiger partial charge in [0.05, 0.1) is 12.8 Å². The van der Waals surface area contributed by atoms with Gasteiger partial charge in [-0.2, -0.15) is 10.2 Å². The lowest BCUT2D eigenvalue weighted by molar-refractivity contribution is 0.218. The van der Waals surface area contributed by atoms with Gasteiger partial charge in [0.1, 0.15) is 23.2 Å². The molecule has 0 radical (unpaired) electrons. The second-order valence-corrected chi connectivity index (χ2v) is 6.17. The van der Waals surface area contributed by atoms with E-state index in [1.54, 1.807) is 7.11 Å². The Morgan fingerprint density at radius 2 is 1.96 bits per heavy atom. The number of likely N-dealkylation sites (tertiary alicyclic amines) is 1. The molecule has 7 nitrogen and oxygen atoms in total. The molecule has 0 atom stereocenters. The predicted molar refractivity (Wildman–Crippen MR) is 96.7 cm³/mol. The van der Waals surface area contributed by atoms with Crippen molar-refractivity contribution in [3.05, 3.63) is 29.3 Å². The lowest BCUT2D eigenvalue weighted by atomic mass is 10.0. The summed E-state index contributed by atoms with van der Waals surface area (Å²) in [5.41, 5.74) is 14.1. The van der Waals surface area contributed by atoms with Gasteiger partial charge in [-0.1, -0.05) is 6.42 Å². The third kappa shape index (κ3) is 3.64. The van der Waals surface area contributed by atoms with Crippen LogP contribution in [0.4, 0.5) is 11.8 Å². The largest absolute Gasteiger partial charge is 0.496 e. The van der Waals surface area contributed by atoms with Crippen molar-refractivity contribution in [3.63, 3.8) is 0 Å². The van der Waals surface area contributed by atoms with E-state index >= 15 is 0 Å². The fourth-order valence-corrected chi connectivity index (χ4v) is 3.22. The van der Waals surface area contributed by atoms with Gasteiger partial charge in [-0.05, 0) is 44.1 Å². The van der Waals surface area contributed by atoms with E-state index < -0.39 is 0 Å². The van der Waals surface area contributed by atoms with Crippen LogP contribution in [0.1, 0.15) is 30.4 Å². The van der Waals surface area contributed by atoms with Gasteiger partial charge in [-0.25, -0.2) is 4.98 Å². The van der Waals surface area contributed by atoms with Gasteiger partial charge in [0.25, 0.3) is 0 Å². The van der Waals surface area contributed by atoms with Gasteiger partial charge >= 0.3 is 0 Å². The van der Waals surface area contributed by atoms with Crippen LogP contribution >= 0.6 is 0 Å². The van der Waals surface area contributed by atoms with Crippen molar-refractivity contribution >= 4 is 11.8 Å². The van der Waals surface area contributed by atoms with Crippen LogP contribution in [0.25, 0.3) is 11.3 Å². The van der Waals surface area contributed by atoms with Crippen LogP contribution in [0.15, 0.2) is 18.2 Å². The molecule has 1 aromatic heterocycles. The standard InChI is InChI=1S/C18H22N6O/c1-25-15-6-5-12(9-13(15)11-24-7-3-2-4-8-24)16-14(10-19)17(20)23-18(21)22-16/h5-6,9H,2-4,7-8,11H2,1H3,(H4,20,21,22,23). The number of nitrogens with two attached hydrogens (primary N) is 2. The van der Waals surface area contributed by atoms with Crippen molar-refractivity contribution < 1.29 is 4.74 Å². The Labute approximate surface area is 147 Å². The molecule has 1 fully saturated rings. The first-order chi connectivity index (χ1) is 12.1. The van der Waals surface area contributed by atoms with Gasteiger partial charge in [0, 0.05) is 17.7 Å². The van der Waals surface area contributed by atoms with E-state index in [2.05, 4.69) is 20.9 Å². The Balaban J connectivity index is 2.01. The van der Waals surface area contributed by atoms with Gasteiger partial charge in [0.2, 0.25) is 5.95 Å². The number of nitriles is 1. The van der Waals surface area contributed by atoms with Crippen molar-refractivity contribution in [2.45, 2.75) is 25.8 Å². The minimum atomic E-state index is 0.0555. The molecule has 7 heteroatoms. The zero-order valence-corrected chi connectivity index (χ0v) is 14.3. The van der Waals surface area contributed by atoms with E-state index in [4.69, 9.17) is 16.2 Å². The lowest BCUT2D eigenvalue weighted by Crippen LogP contribution is -2.29. The normalized spacial score (nSPS) is 14.9. The van der Waals surface area contributed by atoms with E-state index in [0.717, 1.165) is 36.5 Å². The molecule has 4 N–H and O–H groups in total. The van der Waals surface area contributed by atoms with E-state index in [1.165, 1.54) is 19.3 Å². The van der Waals surface area contributed by atoms with Crippen LogP contribution in [0, 0.1) is 11.3 Å². The zero-order chi connectivity index (χ0) is 17.8. The summed E-state index contributed by atoms with van der Waals surface area (Å²) >= 11 is 0. The van der Waals surface area contributed by atoms with Crippen molar-refractivity contribution in [2.24, 2.45) is 0 Å². The fourth-order valence-electron chi connectivity index (χ4n) is 3.22. The van der Waals surface area contributed by atoms with Gasteiger partial charge in [0.15, 0.2) is 0 Å². The first-order valence-electron chi connectivity index (χ1n) is 8.35. The maximum atomic E-state index is 9.40. The van der Waals surface area contributed by atoms with Gasteiger partial charge in [-0.15, -0.1) is 0 Å². The maximum absolute atomic E-state index is 9.40. The highest BCUT2D eigenvalue weighted by Gasteiger charge is 2.17. The highest BCUT2D eigenvalue weighted by molar-refractivity contribution is 5.74. The molecule has 0 spiro atoms. The molecule has 0 aliphatic carbocycles. The molecule has 2 aromatic rings. The summed E-state index contributed by atoms with van der Waals surface area (Å²) in [6.07, 6.45) is 3.73. The van der Waals surface area contributed by atoms with E-state index in [1.807, 2.05) is 18.2 Å². The Hall–Kier alpha value is -2.85. The first kappa shape index (κ1) is 17.0. The number of piperidine rings is 1. The van der Waals surface area contributed by atoms with Gasteiger partial charge in [-0.3, -0.25) is 4.90 Å². The highest BCUT2D eigenvalue weighted by Crippen LogP contribution is 2.30. The van der Waals surface area contributed by atoms with Crippen LogP contribution in [-0.4, -0.2) is 35.1 Å². The molecule has 2 heterocycles. The van der Waals surface area contributed by atoms with E-state index in [-0.39, 0.29) is 17.3 Å². The quantitative estimate of drug-likeness (QED) is 0.878. The molecule has 3 rings (SSSR count). The van der Waals surface area contributed by atoms with E-state index in [9.17, 15) is 5.26 Å². The second-order valence-electron chi connectivity index (χ2n) is 6.17. The number of aromatic nitrogens is 2. The van der Waals surface area contributed by atoms with Crippen LogP contribution in [-0.2, 0) is 6.54 Å². The number of benzene rings is 1. The molecular formula is C18H22N6O. The minimum Gasteiger partial charge on any atom is -0.496 e. The Bertz CT molecular complexity index is 808. The summed E-state index contributed by atoms with van der Waals surface area (Å²) in [7, 11) is 1.66. The third-order valence-corrected chi connectivity index (χ3v) is 4.46. The number of methoxy groups -OCH3 is 1. The monoisotopic (exact) mass is 338 g/mol. The highest BCUT2D eigenvalue weighted by atomic mass is 16.5. The molecule has 1 saturated heterocycles. The predicted octanol–water partition coefficient (Wildman–Crippen LogP) is 2.17. The molecule has 0 amide bonds. The van der Waals surface area contributed by atoms with Crippen LogP contribution in [0.2, 0.25) is 0 Å². The number of hydrogen-bond donors (Lipinski definition) is 2. The van der Waals surface area contributed by atoms with Crippen molar-refractivity contribution in [1.29, 1.82) is 5.26 Å². The smallest absolute Gasteiger partial charge is 0.222 e. The number of rotatable bonds is 4. The first-order valence-corrected chi connectivity index (χ1v) is 8.35. The summed E-state index contributed by atoms with van der Waals surface area (Å²) in [5.74, 6) is 0.973. The molecule has 0 saturated carbocycles. The Kier molecular flexibility index (Phi) is 5.00. The van der Waals surface area contributed by atoms with Crippen molar-refractivity contribution in [2.75, 3.05) is 31.7 Å². The zero-order valence-electron chi connectivity index (χ0n) is 14.3. The Morgan fingerprint density at radius 3 is 2.64 bits per heavy atom.